The number of nitrogens with zero attached hydrogens (tertiary/aromatic N) is 5. The van der Waals surface area contributed by atoms with Gasteiger partial charge in [0.05, 0.1) is 12.6 Å². The van der Waals surface area contributed by atoms with Gasteiger partial charge >= 0.3 is 0 Å². The Hall–Kier alpha value is -3.68. The highest BCUT2D eigenvalue weighted by Gasteiger charge is 2.38. The minimum absolute atomic E-state index is 0.119. The van der Waals surface area contributed by atoms with E-state index in [1.54, 1.807) is 0 Å². The van der Waals surface area contributed by atoms with E-state index in [9.17, 15) is 4.79 Å². The Bertz CT molecular complexity index is 1440. The van der Waals surface area contributed by atoms with Crippen LogP contribution in [-0.2, 0) is 6.42 Å². The molecule has 0 saturated heterocycles. The maximum atomic E-state index is 13.7. The first kappa shape index (κ1) is 22.8. The molecule has 8 nitrogen and oxygen atoms in total. The van der Waals surface area contributed by atoms with Crippen LogP contribution in [0.4, 0.5) is 5.69 Å². The van der Waals surface area contributed by atoms with Crippen molar-refractivity contribution in [2.24, 2.45) is 0 Å². The molecule has 0 amide bonds. The average molecular weight is 485 g/mol. The van der Waals surface area contributed by atoms with Crippen LogP contribution in [0.1, 0.15) is 75.0 Å². The number of hydrogen-bond donors (Lipinski definition) is 1. The summed E-state index contributed by atoms with van der Waals surface area (Å²) < 4.78 is 7.74. The number of hydrogen-bond acceptors (Lipinski definition) is 6. The highest BCUT2D eigenvalue weighted by atomic mass is 16.5. The second-order valence-corrected chi connectivity index (χ2v) is 10.0. The number of pyridine rings is 1. The van der Waals surface area contributed by atoms with Crippen molar-refractivity contribution in [1.82, 2.24) is 25.2 Å². The van der Waals surface area contributed by atoms with E-state index in [0.717, 1.165) is 47.4 Å². The lowest BCUT2D eigenvalue weighted by Gasteiger charge is -2.34. The van der Waals surface area contributed by atoms with Gasteiger partial charge in [-0.1, -0.05) is 37.5 Å². The molecule has 0 spiro atoms. The largest absolute Gasteiger partial charge is 0.494 e. The Balaban J connectivity index is 1.55. The van der Waals surface area contributed by atoms with E-state index in [1.807, 2.05) is 35.9 Å². The molecule has 1 fully saturated rings. The molecule has 0 bridgehead atoms. The Morgan fingerprint density at radius 3 is 2.78 bits per heavy atom. The minimum atomic E-state index is -0.413. The van der Waals surface area contributed by atoms with Crippen LogP contribution in [-0.4, -0.2) is 37.8 Å². The smallest absolute Gasteiger partial charge is 0.254 e. The van der Waals surface area contributed by atoms with Gasteiger partial charge in [-0.2, -0.15) is 0 Å². The lowest BCUT2D eigenvalue weighted by molar-refractivity contribution is 0.312. The van der Waals surface area contributed by atoms with E-state index in [0.29, 0.717) is 12.2 Å². The number of H-pyrrole nitrogens is 1. The molecule has 1 aliphatic heterocycles. The summed E-state index contributed by atoms with van der Waals surface area (Å²) in [7, 11) is 0. The van der Waals surface area contributed by atoms with Crippen LogP contribution in [0.15, 0.2) is 53.3 Å². The number of fused-ring (bicyclic) bond motifs is 2. The fourth-order valence-corrected chi connectivity index (χ4v) is 6.02. The first-order valence-corrected chi connectivity index (χ1v) is 13.1. The van der Waals surface area contributed by atoms with Crippen LogP contribution in [0.25, 0.3) is 10.9 Å². The first-order valence-electron chi connectivity index (χ1n) is 13.1. The predicted molar refractivity (Wildman–Crippen MR) is 140 cm³/mol. The molecule has 3 heterocycles. The SMILES string of the molecule is CCOc1ccc2[nH]c(=O)c([C@H](c3nnnn3C3CCCCC3)N3c4ccccc4C[C@H]3C)cc2c1. The summed E-state index contributed by atoms with van der Waals surface area (Å²) in [6, 6.07) is 16.3. The maximum Gasteiger partial charge on any atom is 0.254 e. The van der Waals surface area contributed by atoms with Crippen molar-refractivity contribution in [3.63, 3.8) is 0 Å². The molecule has 2 aliphatic rings. The fourth-order valence-electron chi connectivity index (χ4n) is 6.02. The second kappa shape index (κ2) is 9.41. The second-order valence-electron chi connectivity index (χ2n) is 10.0. The number of ether oxygens (including phenoxy) is 1. The Kier molecular flexibility index (Phi) is 5.95. The van der Waals surface area contributed by atoms with E-state index in [4.69, 9.17) is 4.74 Å². The summed E-state index contributed by atoms with van der Waals surface area (Å²) in [6.45, 7) is 4.77. The molecule has 186 valence electrons. The average Bonchev–Trinajstić information content (AvgIpc) is 3.50. The monoisotopic (exact) mass is 484 g/mol. The third-order valence-electron chi connectivity index (χ3n) is 7.67. The van der Waals surface area contributed by atoms with Crippen LogP contribution >= 0.6 is 0 Å². The van der Waals surface area contributed by atoms with Crippen molar-refractivity contribution in [2.75, 3.05) is 11.5 Å². The molecule has 0 unspecified atom stereocenters. The third-order valence-corrected chi connectivity index (χ3v) is 7.67. The van der Waals surface area contributed by atoms with Gasteiger partial charge in [0.1, 0.15) is 11.8 Å². The molecule has 1 aliphatic carbocycles. The van der Waals surface area contributed by atoms with Gasteiger partial charge in [-0.15, -0.1) is 5.10 Å². The molecule has 36 heavy (non-hydrogen) atoms. The van der Waals surface area contributed by atoms with E-state index in [1.165, 1.54) is 24.8 Å². The van der Waals surface area contributed by atoms with Crippen molar-refractivity contribution >= 4 is 16.6 Å². The van der Waals surface area contributed by atoms with Gasteiger partial charge in [0.25, 0.3) is 5.56 Å². The predicted octanol–water partition coefficient (Wildman–Crippen LogP) is 4.96. The summed E-state index contributed by atoms with van der Waals surface area (Å²) in [4.78, 5) is 19.1. The number of anilines is 1. The van der Waals surface area contributed by atoms with Crippen LogP contribution in [0.5, 0.6) is 5.75 Å². The summed E-state index contributed by atoms with van der Waals surface area (Å²) in [5.74, 6) is 1.52. The van der Waals surface area contributed by atoms with E-state index >= 15 is 0 Å². The van der Waals surface area contributed by atoms with Gasteiger partial charge in [-0.3, -0.25) is 4.79 Å². The standard InChI is InChI=1S/C28H32N6O2/c1-3-36-22-13-14-24-20(16-22)17-23(28(35)29-24)26(33-18(2)15-19-9-7-8-12-25(19)33)27-30-31-32-34(27)21-10-5-4-6-11-21/h7-9,12-14,16-18,21,26H,3-6,10-11,15H2,1-2H3,(H,29,35)/t18-,26-/m1/s1. The molecule has 1 saturated carbocycles. The molecular weight excluding hydrogens is 452 g/mol. The van der Waals surface area contributed by atoms with Gasteiger partial charge in [0, 0.05) is 28.2 Å². The highest BCUT2D eigenvalue weighted by molar-refractivity contribution is 5.81. The van der Waals surface area contributed by atoms with Crippen molar-refractivity contribution in [3.8, 4) is 5.75 Å². The summed E-state index contributed by atoms with van der Waals surface area (Å²) >= 11 is 0. The van der Waals surface area contributed by atoms with Crippen molar-refractivity contribution < 1.29 is 4.74 Å². The molecular formula is C28H32N6O2. The summed E-state index contributed by atoms with van der Waals surface area (Å²) in [6.07, 6.45) is 6.63. The topological polar surface area (TPSA) is 88.9 Å². The number of aromatic amines is 1. The van der Waals surface area contributed by atoms with Gasteiger partial charge in [-0.25, -0.2) is 4.68 Å². The first-order chi connectivity index (χ1) is 17.6. The van der Waals surface area contributed by atoms with Crippen LogP contribution in [0, 0.1) is 0 Å². The normalized spacial score (nSPS) is 18.9. The zero-order valence-electron chi connectivity index (χ0n) is 20.9. The Morgan fingerprint density at radius 2 is 1.94 bits per heavy atom. The molecule has 8 heteroatoms. The van der Waals surface area contributed by atoms with Crippen molar-refractivity contribution in [1.29, 1.82) is 0 Å². The molecule has 2 atom stereocenters. The number of tetrazole rings is 1. The van der Waals surface area contributed by atoms with E-state index < -0.39 is 6.04 Å². The van der Waals surface area contributed by atoms with Crippen LogP contribution in [0.2, 0.25) is 0 Å². The highest BCUT2D eigenvalue weighted by Crippen LogP contribution is 2.42. The maximum absolute atomic E-state index is 13.7. The molecule has 4 aromatic rings. The van der Waals surface area contributed by atoms with Gasteiger partial charge in [0.2, 0.25) is 0 Å². The van der Waals surface area contributed by atoms with Gasteiger partial charge in [-0.05, 0) is 79.4 Å². The molecule has 6 rings (SSSR count). The third kappa shape index (κ3) is 3.94. The van der Waals surface area contributed by atoms with Gasteiger partial charge in [0.15, 0.2) is 5.82 Å². The number of rotatable bonds is 6. The zero-order chi connectivity index (χ0) is 24.6. The lowest BCUT2D eigenvalue weighted by Crippen LogP contribution is -2.39. The number of aromatic nitrogens is 5. The van der Waals surface area contributed by atoms with E-state index in [2.05, 4.69) is 56.6 Å². The lowest BCUT2D eigenvalue weighted by atomic mass is 9.95. The zero-order valence-corrected chi connectivity index (χ0v) is 20.9. The molecule has 0 radical (unpaired) electrons. The fraction of sp³-hybridized carbons (Fsp3) is 0.429. The van der Waals surface area contributed by atoms with Crippen molar-refractivity contribution in [3.05, 3.63) is 75.8 Å². The molecule has 1 N–H and O–H groups in total. The summed E-state index contributed by atoms with van der Waals surface area (Å²) in [5, 5.41) is 14.1. The van der Waals surface area contributed by atoms with Gasteiger partial charge < -0.3 is 14.6 Å². The van der Waals surface area contributed by atoms with Crippen molar-refractivity contribution in [2.45, 2.75) is 70.5 Å². The number of nitrogens with one attached hydrogen (secondary N) is 1. The number of para-hydroxylation sites is 1. The Labute approximate surface area is 210 Å². The summed E-state index contributed by atoms with van der Waals surface area (Å²) in [5.41, 5.74) is 3.73. The molecule has 2 aromatic carbocycles. The van der Waals surface area contributed by atoms with Crippen LogP contribution in [0.3, 0.4) is 0 Å². The molecule has 2 aromatic heterocycles. The quantitative estimate of drug-likeness (QED) is 0.416. The Morgan fingerprint density at radius 1 is 1.11 bits per heavy atom. The minimum Gasteiger partial charge on any atom is -0.494 e. The van der Waals surface area contributed by atoms with E-state index in [-0.39, 0.29) is 17.6 Å². The van der Waals surface area contributed by atoms with Crippen LogP contribution < -0.4 is 15.2 Å². The number of benzene rings is 2.